The Morgan fingerprint density at radius 2 is 2.00 bits per heavy atom. The fourth-order valence-electron chi connectivity index (χ4n) is 2.13. The van der Waals surface area contributed by atoms with Crippen molar-refractivity contribution in [3.8, 4) is 0 Å². The predicted octanol–water partition coefficient (Wildman–Crippen LogP) is 3.58. The van der Waals surface area contributed by atoms with Crippen LogP contribution in [0.5, 0.6) is 0 Å². The largest absolute Gasteiger partial charge is 0.440 e. The quantitative estimate of drug-likeness (QED) is 0.762. The number of fused-ring (bicyclic) bond motifs is 1. The number of hydrogen-bond donors (Lipinski definition) is 1. The Hall–Kier alpha value is -1.51. The number of nitrogens with two attached hydrogens (primary N) is 1. The summed E-state index contributed by atoms with van der Waals surface area (Å²) in [5, 5.41) is 0. The molecule has 3 heteroatoms. The lowest BCUT2D eigenvalue weighted by Crippen LogP contribution is -2.11. The normalized spacial score (nSPS) is 16.6. The lowest BCUT2D eigenvalue weighted by Gasteiger charge is -2.19. The molecule has 1 aromatic heterocycles. The summed E-state index contributed by atoms with van der Waals surface area (Å²) in [6.07, 6.45) is 2.40. The Morgan fingerprint density at radius 1 is 1.29 bits per heavy atom. The monoisotopic (exact) mass is 230 g/mol. The van der Waals surface area contributed by atoms with E-state index in [0.29, 0.717) is 5.92 Å². The van der Waals surface area contributed by atoms with Crippen molar-refractivity contribution >= 4 is 16.8 Å². The Kier molecular flexibility index (Phi) is 2.03. The van der Waals surface area contributed by atoms with Crippen molar-refractivity contribution in [1.29, 1.82) is 0 Å². The topological polar surface area (TPSA) is 52.0 Å². The van der Waals surface area contributed by atoms with Crippen LogP contribution in [0, 0.1) is 0 Å². The molecule has 0 amide bonds. The number of hydrogen-bond acceptors (Lipinski definition) is 3. The second-order valence-corrected chi connectivity index (χ2v) is 5.99. The van der Waals surface area contributed by atoms with E-state index in [1.54, 1.807) is 0 Å². The fourth-order valence-corrected chi connectivity index (χ4v) is 2.13. The molecular weight excluding hydrogens is 212 g/mol. The number of rotatable bonds is 1. The molecule has 3 nitrogen and oxygen atoms in total. The van der Waals surface area contributed by atoms with E-state index < -0.39 is 0 Å². The molecule has 1 aliphatic carbocycles. The van der Waals surface area contributed by atoms with Crippen LogP contribution in [0.2, 0.25) is 0 Å². The zero-order valence-corrected chi connectivity index (χ0v) is 10.6. The van der Waals surface area contributed by atoms with Gasteiger partial charge in [0, 0.05) is 17.2 Å². The van der Waals surface area contributed by atoms with E-state index in [-0.39, 0.29) is 5.41 Å². The van der Waals surface area contributed by atoms with Crippen molar-refractivity contribution in [2.75, 3.05) is 5.73 Å². The molecule has 1 aromatic carbocycles. The molecule has 1 saturated carbocycles. The first-order chi connectivity index (χ1) is 7.95. The van der Waals surface area contributed by atoms with E-state index in [4.69, 9.17) is 10.2 Å². The number of aromatic nitrogens is 1. The fraction of sp³-hybridized carbons (Fsp3) is 0.500. The number of nitrogen functional groups attached to an aromatic ring is 1. The second-order valence-electron chi connectivity index (χ2n) is 5.99. The summed E-state index contributed by atoms with van der Waals surface area (Å²) in [5.74, 6) is 1.42. The van der Waals surface area contributed by atoms with Gasteiger partial charge in [0.15, 0.2) is 11.5 Å². The van der Waals surface area contributed by atoms with Crippen LogP contribution in [0.25, 0.3) is 11.1 Å². The van der Waals surface area contributed by atoms with Crippen molar-refractivity contribution in [2.24, 2.45) is 0 Å². The zero-order valence-electron chi connectivity index (χ0n) is 10.6. The van der Waals surface area contributed by atoms with Gasteiger partial charge in [0.1, 0.15) is 5.52 Å². The van der Waals surface area contributed by atoms with Gasteiger partial charge in [-0.1, -0.05) is 20.8 Å². The molecule has 2 N–H and O–H groups in total. The predicted molar refractivity (Wildman–Crippen MR) is 69.1 cm³/mol. The third-order valence-electron chi connectivity index (χ3n) is 3.26. The first-order valence-corrected chi connectivity index (χ1v) is 6.15. The first-order valence-electron chi connectivity index (χ1n) is 6.15. The molecule has 1 aliphatic rings. The van der Waals surface area contributed by atoms with E-state index >= 15 is 0 Å². The van der Waals surface area contributed by atoms with Gasteiger partial charge in [-0.25, -0.2) is 4.98 Å². The van der Waals surface area contributed by atoms with Gasteiger partial charge in [-0.15, -0.1) is 0 Å². The van der Waals surface area contributed by atoms with Gasteiger partial charge in [-0.2, -0.15) is 0 Å². The highest BCUT2D eigenvalue weighted by atomic mass is 16.3. The van der Waals surface area contributed by atoms with Crippen LogP contribution in [0.4, 0.5) is 5.69 Å². The number of anilines is 1. The van der Waals surface area contributed by atoms with Crippen molar-refractivity contribution in [3.63, 3.8) is 0 Å². The van der Waals surface area contributed by atoms with Crippen LogP contribution >= 0.6 is 0 Å². The summed E-state index contributed by atoms with van der Waals surface area (Å²) in [6.45, 7) is 6.50. The average Bonchev–Trinajstić information content (AvgIpc) is 2.96. The van der Waals surface area contributed by atoms with Gasteiger partial charge < -0.3 is 10.2 Å². The number of oxazole rings is 1. The molecular formula is C14H18N2O. The maximum Gasteiger partial charge on any atom is 0.198 e. The zero-order chi connectivity index (χ0) is 12.2. The summed E-state index contributed by atoms with van der Waals surface area (Å²) >= 11 is 0. The highest BCUT2D eigenvalue weighted by Gasteiger charge is 2.30. The Morgan fingerprint density at radius 3 is 2.59 bits per heavy atom. The van der Waals surface area contributed by atoms with E-state index in [1.807, 2.05) is 12.1 Å². The summed E-state index contributed by atoms with van der Waals surface area (Å²) < 4.78 is 5.94. The molecule has 0 bridgehead atoms. The van der Waals surface area contributed by atoms with Gasteiger partial charge in [0.05, 0.1) is 0 Å². The molecule has 0 atom stereocenters. The van der Waals surface area contributed by atoms with Gasteiger partial charge in [0.25, 0.3) is 0 Å². The van der Waals surface area contributed by atoms with Gasteiger partial charge in [-0.3, -0.25) is 0 Å². The first kappa shape index (κ1) is 10.6. The van der Waals surface area contributed by atoms with Crippen molar-refractivity contribution in [2.45, 2.75) is 44.9 Å². The van der Waals surface area contributed by atoms with Gasteiger partial charge >= 0.3 is 0 Å². The second kappa shape index (κ2) is 3.25. The van der Waals surface area contributed by atoms with E-state index in [1.165, 1.54) is 12.8 Å². The van der Waals surface area contributed by atoms with Crippen LogP contribution < -0.4 is 5.73 Å². The van der Waals surface area contributed by atoms with E-state index in [9.17, 15) is 0 Å². The molecule has 0 spiro atoms. The minimum Gasteiger partial charge on any atom is -0.440 e. The molecule has 0 unspecified atom stereocenters. The van der Waals surface area contributed by atoms with E-state index in [2.05, 4.69) is 25.8 Å². The SMILES string of the molecule is CC(C)(C)c1cc(N)cc2nc(C3CC3)oc12. The average molecular weight is 230 g/mol. The molecule has 1 fully saturated rings. The molecule has 2 aromatic rings. The lowest BCUT2D eigenvalue weighted by molar-refractivity contribution is 0.514. The molecule has 1 heterocycles. The number of nitrogens with zero attached hydrogens (tertiary/aromatic N) is 1. The van der Waals surface area contributed by atoms with Crippen molar-refractivity contribution < 1.29 is 4.42 Å². The third kappa shape index (κ3) is 1.79. The van der Waals surface area contributed by atoms with Crippen LogP contribution in [0.3, 0.4) is 0 Å². The maximum absolute atomic E-state index is 5.94. The molecule has 0 saturated heterocycles. The Labute approximate surface area is 101 Å². The van der Waals surface area contributed by atoms with Crippen LogP contribution in [0.15, 0.2) is 16.5 Å². The van der Waals surface area contributed by atoms with Gasteiger partial charge in [0.2, 0.25) is 0 Å². The summed E-state index contributed by atoms with van der Waals surface area (Å²) in [4.78, 5) is 4.56. The van der Waals surface area contributed by atoms with Gasteiger partial charge in [-0.05, 0) is 30.4 Å². The Bertz CT molecular complexity index is 574. The van der Waals surface area contributed by atoms with Crippen LogP contribution in [0.1, 0.15) is 51.0 Å². The standard InChI is InChI=1S/C14H18N2O/c1-14(2,3)10-6-9(15)7-11-12(10)17-13(16-11)8-4-5-8/h6-8H,4-5,15H2,1-3H3. The highest BCUT2D eigenvalue weighted by molar-refractivity contribution is 5.81. The molecule has 90 valence electrons. The summed E-state index contributed by atoms with van der Waals surface area (Å²) in [7, 11) is 0. The molecule has 0 radical (unpaired) electrons. The van der Waals surface area contributed by atoms with Crippen LogP contribution in [-0.4, -0.2) is 4.98 Å². The minimum atomic E-state index is 0.0218. The summed E-state index contributed by atoms with van der Waals surface area (Å²) in [6, 6.07) is 3.91. The number of benzene rings is 1. The molecule has 17 heavy (non-hydrogen) atoms. The smallest absolute Gasteiger partial charge is 0.198 e. The molecule has 3 rings (SSSR count). The van der Waals surface area contributed by atoms with E-state index in [0.717, 1.165) is 28.2 Å². The third-order valence-corrected chi connectivity index (χ3v) is 3.26. The van der Waals surface area contributed by atoms with Crippen molar-refractivity contribution in [1.82, 2.24) is 4.98 Å². The van der Waals surface area contributed by atoms with Crippen molar-refractivity contribution in [3.05, 3.63) is 23.6 Å². The minimum absolute atomic E-state index is 0.0218. The maximum atomic E-state index is 5.94. The Balaban J connectivity index is 2.25. The molecule has 0 aliphatic heterocycles. The lowest BCUT2D eigenvalue weighted by atomic mass is 9.86. The summed E-state index contributed by atoms with van der Waals surface area (Å²) in [5.41, 5.74) is 9.68. The highest BCUT2D eigenvalue weighted by Crippen LogP contribution is 2.42. The van der Waals surface area contributed by atoms with Crippen LogP contribution in [-0.2, 0) is 5.41 Å².